The van der Waals surface area contributed by atoms with Crippen LogP contribution in [0.3, 0.4) is 0 Å². The minimum atomic E-state index is -0.666. The van der Waals surface area contributed by atoms with Crippen LogP contribution >= 0.6 is 11.8 Å². The Hall–Kier alpha value is -4.61. The molecule has 5 N–H and O–H groups in total. The number of nitrogens with zero attached hydrogens (tertiary/aromatic N) is 2. The number of amides is 9. The smallest absolute Gasteiger partial charge is 0.253 e. The van der Waals surface area contributed by atoms with E-state index in [1.807, 2.05) is 0 Å². The molecule has 246 valence electrons. The van der Waals surface area contributed by atoms with E-state index in [1.165, 1.54) is 18.7 Å². The van der Waals surface area contributed by atoms with Crippen molar-refractivity contribution in [1.82, 2.24) is 36.4 Å². The summed E-state index contributed by atoms with van der Waals surface area (Å²) >= 11 is 1.26. The molecule has 0 bridgehead atoms. The molecule has 2 aliphatic heterocycles. The van der Waals surface area contributed by atoms with Crippen LogP contribution < -0.4 is 26.6 Å². The predicted molar refractivity (Wildman–Crippen MR) is 158 cm³/mol. The normalized spacial score (nSPS) is 15.7. The second kappa shape index (κ2) is 18.9. The van der Waals surface area contributed by atoms with Crippen molar-refractivity contribution >= 4 is 70.7 Å². The molecule has 1 fully saturated rings. The molecule has 45 heavy (non-hydrogen) atoms. The maximum absolute atomic E-state index is 12.4. The molecule has 0 aromatic carbocycles. The zero-order valence-electron chi connectivity index (χ0n) is 24.8. The van der Waals surface area contributed by atoms with Gasteiger partial charge in [-0.3, -0.25) is 57.7 Å². The van der Waals surface area contributed by atoms with Gasteiger partial charge in [-0.05, 0) is 13.3 Å². The first-order valence-electron chi connectivity index (χ1n) is 14.2. The van der Waals surface area contributed by atoms with E-state index in [2.05, 4.69) is 26.6 Å². The van der Waals surface area contributed by atoms with Crippen LogP contribution in [0.4, 0.5) is 0 Å². The van der Waals surface area contributed by atoms with Crippen LogP contribution in [0.25, 0.3) is 0 Å². The van der Waals surface area contributed by atoms with Crippen molar-refractivity contribution in [3.8, 4) is 0 Å². The molecule has 1 unspecified atom stereocenters. The number of hydrogen-bond donors (Lipinski definition) is 5. The SMILES string of the molecule is CC(=O)CCSC1CC(=O)N(CCCC(=O)NCC(=O)NCC(=O)NCC(=O)NCCC(=O)NCCN2C(=O)C=CC2=O)C1=O. The standard InChI is InChI=1S/C27H37N7O10S/c1-17(35)7-12-45-18-13-26(43)34(27(18)44)10-2-3-19(36)30-15-22(39)32-16-23(40)31-14-21(38)28-8-6-20(37)29-9-11-33-24(41)4-5-25(33)42/h4-5,18H,2-3,6-16H2,1H3,(H,28,38)(H,29,37)(H,30,36)(H,31,40)(H,32,39). The maximum atomic E-state index is 12.4. The van der Waals surface area contributed by atoms with Gasteiger partial charge >= 0.3 is 0 Å². The number of carbonyl (C=O) groups excluding carboxylic acids is 10. The maximum Gasteiger partial charge on any atom is 0.253 e. The summed E-state index contributed by atoms with van der Waals surface area (Å²) < 4.78 is 0. The zero-order valence-corrected chi connectivity index (χ0v) is 25.6. The molecule has 9 amide bonds. The Bertz CT molecular complexity index is 1220. The summed E-state index contributed by atoms with van der Waals surface area (Å²) in [5.41, 5.74) is 0. The van der Waals surface area contributed by atoms with Gasteiger partial charge in [0.1, 0.15) is 5.78 Å². The molecule has 2 heterocycles. The highest BCUT2D eigenvalue weighted by Gasteiger charge is 2.38. The number of thioether (sulfide) groups is 1. The lowest BCUT2D eigenvalue weighted by molar-refractivity contribution is -0.139. The van der Waals surface area contributed by atoms with Gasteiger partial charge in [0.15, 0.2) is 0 Å². The third-order valence-electron chi connectivity index (χ3n) is 6.33. The summed E-state index contributed by atoms with van der Waals surface area (Å²) in [5, 5.41) is 11.4. The van der Waals surface area contributed by atoms with Crippen LogP contribution in [0.2, 0.25) is 0 Å². The van der Waals surface area contributed by atoms with Crippen LogP contribution in [-0.4, -0.2) is 126 Å². The number of rotatable bonds is 20. The van der Waals surface area contributed by atoms with E-state index in [-0.39, 0.29) is 69.5 Å². The Kier molecular flexibility index (Phi) is 15.4. The monoisotopic (exact) mass is 651 g/mol. The van der Waals surface area contributed by atoms with Crippen molar-refractivity contribution in [2.45, 2.75) is 44.3 Å². The van der Waals surface area contributed by atoms with Crippen LogP contribution in [0.15, 0.2) is 12.2 Å². The Morgan fingerprint density at radius 2 is 1.22 bits per heavy atom. The number of carbonyl (C=O) groups is 10. The van der Waals surface area contributed by atoms with Crippen LogP contribution in [0, 0.1) is 0 Å². The van der Waals surface area contributed by atoms with Crippen molar-refractivity contribution in [2.24, 2.45) is 0 Å². The molecule has 1 atom stereocenters. The van der Waals surface area contributed by atoms with Crippen LogP contribution in [0.5, 0.6) is 0 Å². The molecule has 2 rings (SSSR count). The second-order valence-electron chi connectivity index (χ2n) is 9.94. The van der Waals surface area contributed by atoms with Crippen molar-refractivity contribution in [3.05, 3.63) is 12.2 Å². The highest BCUT2D eigenvalue weighted by atomic mass is 32.2. The summed E-state index contributed by atoms with van der Waals surface area (Å²) in [5.74, 6) is -3.92. The topological polar surface area (TPSA) is 237 Å². The molecule has 0 aromatic rings. The van der Waals surface area contributed by atoms with E-state index in [4.69, 9.17) is 0 Å². The number of Topliss-reactive ketones (excluding diaryl/α,β-unsaturated/α-hetero) is 1. The van der Waals surface area contributed by atoms with Crippen LogP contribution in [0.1, 0.15) is 39.0 Å². The lowest BCUT2D eigenvalue weighted by atomic mass is 10.3. The fourth-order valence-corrected chi connectivity index (χ4v) is 5.16. The predicted octanol–water partition coefficient (Wildman–Crippen LogP) is -3.50. The van der Waals surface area contributed by atoms with Gasteiger partial charge in [0.2, 0.25) is 41.4 Å². The molecule has 0 aromatic heterocycles. The quantitative estimate of drug-likeness (QED) is 0.0810. The van der Waals surface area contributed by atoms with Crippen molar-refractivity contribution in [1.29, 1.82) is 0 Å². The van der Waals surface area contributed by atoms with E-state index >= 15 is 0 Å². The molecular formula is C27H37N7O10S. The third kappa shape index (κ3) is 13.7. The number of imide groups is 2. The largest absolute Gasteiger partial charge is 0.354 e. The molecule has 17 nitrogen and oxygen atoms in total. The lowest BCUT2D eigenvalue weighted by Gasteiger charge is -2.14. The first kappa shape index (κ1) is 36.6. The van der Waals surface area contributed by atoms with Gasteiger partial charge < -0.3 is 26.6 Å². The van der Waals surface area contributed by atoms with Gasteiger partial charge in [-0.1, -0.05) is 0 Å². The minimum Gasteiger partial charge on any atom is -0.354 e. The van der Waals surface area contributed by atoms with Gasteiger partial charge in [-0.2, -0.15) is 0 Å². The van der Waals surface area contributed by atoms with Gasteiger partial charge in [-0.15, -0.1) is 11.8 Å². The average Bonchev–Trinajstić information content (AvgIpc) is 3.45. The van der Waals surface area contributed by atoms with E-state index in [9.17, 15) is 47.9 Å². The van der Waals surface area contributed by atoms with Crippen LogP contribution in [-0.2, 0) is 47.9 Å². The number of nitrogens with one attached hydrogen (secondary N) is 5. The number of ketones is 1. The third-order valence-corrected chi connectivity index (χ3v) is 7.54. The van der Waals surface area contributed by atoms with Gasteiger partial charge in [0, 0.05) is 69.8 Å². The Morgan fingerprint density at radius 3 is 1.82 bits per heavy atom. The molecule has 0 saturated carbocycles. The summed E-state index contributed by atoms with van der Waals surface area (Å²) in [7, 11) is 0. The lowest BCUT2D eigenvalue weighted by Crippen LogP contribution is -2.44. The fraction of sp³-hybridized carbons (Fsp3) is 0.556. The van der Waals surface area contributed by atoms with E-state index in [0.29, 0.717) is 12.2 Å². The van der Waals surface area contributed by atoms with Gasteiger partial charge in [0.25, 0.3) is 11.8 Å². The zero-order chi connectivity index (χ0) is 33.4. The van der Waals surface area contributed by atoms with Gasteiger partial charge in [-0.25, -0.2) is 0 Å². The minimum absolute atomic E-state index is 0.00218. The first-order valence-corrected chi connectivity index (χ1v) is 15.2. The first-order chi connectivity index (χ1) is 21.4. The Labute approximate surface area is 263 Å². The summed E-state index contributed by atoms with van der Waals surface area (Å²) in [6.07, 6.45) is 2.74. The van der Waals surface area contributed by atoms with Crippen molar-refractivity contribution in [3.63, 3.8) is 0 Å². The second-order valence-corrected chi connectivity index (χ2v) is 11.3. The van der Waals surface area contributed by atoms with Crippen molar-refractivity contribution < 1.29 is 47.9 Å². The molecule has 2 aliphatic rings. The Balaban J connectivity index is 1.48. The van der Waals surface area contributed by atoms with E-state index in [0.717, 1.165) is 22.0 Å². The molecular weight excluding hydrogens is 614 g/mol. The molecule has 0 aliphatic carbocycles. The van der Waals surface area contributed by atoms with Crippen molar-refractivity contribution in [2.75, 3.05) is 51.6 Å². The van der Waals surface area contributed by atoms with E-state index < -0.39 is 66.2 Å². The molecule has 0 radical (unpaired) electrons. The number of likely N-dealkylation sites (tertiary alicyclic amines) is 1. The highest BCUT2D eigenvalue weighted by Crippen LogP contribution is 2.26. The van der Waals surface area contributed by atoms with E-state index in [1.54, 1.807) is 0 Å². The fourth-order valence-electron chi connectivity index (χ4n) is 3.94. The summed E-state index contributed by atoms with van der Waals surface area (Å²) in [6.45, 7) is 0.312. The highest BCUT2D eigenvalue weighted by molar-refractivity contribution is 8.00. The Morgan fingerprint density at radius 1 is 0.689 bits per heavy atom. The average molecular weight is 652 g/mol. The summed E-state index contributed by atoms with van der Waals surface area (Å²) in [6, 6.07) is 0. The number of hydrogen-bond acceptors (Lipinski definition) is 11. The van der Waals surface area contributed by atoms with Gasteiger partial charge in [0.05, 0.1) is 24.9 Å². The molecule has 18 heteroatoms. The molecule has 1 saturated heterocycles. The summed E-state index contributed by atoms with van der Waals surface area (Å²) in [4.78, 5) is 120. The molecule has 0 spiro atoms.